The van der Waals surface area contributed by atoms with E-state index in [1.54, 1.807) is 54.6 Å². The van der Waals surface area contributed by atoms with Gasteiger partial charge in [0.2, 0.25) is 6.04 Å². The second-order valence-electron chi connectivity index (χ2n) is 5.69. The lowest BCUT2D eigenvalue weighted by atomic mass is 9.93. The average molecular weight is 293 g/mol. The number of nitrogens with zero attached hydrogens (tertiary/aromatic N) is 1. The molecule has 0 heterocycles. The van der Waals surface area contributed by atoms with Crippen molar-refractivity contribution in [3.63, 3.8) is 0 Å². The molecule has 0 amide bonds. The highest BCUT2D eigenvalue weighted by molar-refractivity contribution is 6.33. The molecule has 0 radical (unpaired) electrons. The van der Waals surface area contributed by atoms with Crippen molar-refractivity contribution in [2.24, 2.45) is 5.41 Å². The van der Waals surface area contributed by atoms with Crippen molar-refractivity contribution in [3.8, 4) is 0 Å². The monoisotopic (exact) mass is 293 g/mol. The topological polar surface area (TPSA) is 77.3 Å². The van der Waals surface area contributed by atoms with Gasteiger partial charge >= 0.3 is 0 Å². The van der Waals surface area contributed by atoms with Crippen LogP contribution in [-0.4, -0.2) is 22.5 Å². The molecule has 108 valence electrons. The second-order valence-corrected chi connectivity index (χ2v) is 5.69. The van der Waals surface area contributed by atoms with E-state index in [-0.39, 0.29) is 0 Å². The van der Waals surface area contributed by atoms with Crippen LogP contribution in [-0.2, 0) is 0 Å². The number of Topliss-reactive ketones (excluding diaryl/α,β-unsaturated/α-hetero) is 2. The molecule has 0 saturated heterocycles. The summed E-state index contributed by atoms with van der Waals surface area (Å²) in [6.07, 6.45) is 0. The van der Waals surface area contributed by atoms with Gasteiger partial charge in [-0.25, -0.2) is 0 Å². The molecule has 2 atom stereocenters. The zero-order chi connectivity index (χ0) is 15.5. The lowest BCUT2D eigenvalue weighted by Crippen LogP contribution is -2.25. The Balaban J connectivity index is 1.90. The SMILES string of the molecule is O=C1c2ccccc2C(=O)C12[C@@H](c1ccccc1)[C@H]2[N+](=O)[O-]. The first-order valence-electron chi connectivity index (χ1n) is 6.97. The maximum absolute atomic E-state index is 12.8. The van der Waals surface area contributed by atoms with E-state index < -0.39 is 33.9 Å². The van der Waals surface area contributed by atoms with Gasteiger partial charge in [0.25, 0.3) is 0 Å². The number of carbonyl (C=O) groups excluding carboxylic acids is 2. The van der Waals surface area contributed by atoms with Gasteiger partial charge in [-0.3, -0.25) is 19.7 Å². The number of rotatable bonds is 2. The first-order chi connectivity index (χ1) is 10.6. The minimum atomic E-state index is -1.55. The highest BCUT2D eigenvalue weighted by Crippen LogP contribution is 2.66. The molecule has 5 heteroatoms. The Morgan fingerprint density at radius 2 is 1.36 bits per heavy atom. The Bertz CT molecular complexity index is 793. The van der Waals surface area contributed by atoms with Crippen LogP contribution in [0.3, 0.4) is 0 Å². The van der Waals surface area contributed by atoms with E-state index in [1.165, 1.54) is 0 Å². The van der Waals surface area contributed by atoms with E-state index in [2.05, 4.69) is 0 Å². The van der Waals surface area contributed by atoms with Crippen molar-refractivity contribution in [2.45, 2.75) is 12.0 Å². The fraction of sp³-hybridized carbons (Fsp3) is 0.176. The third-order valence-corrected chi connectivity index (χ3v) is 4.72. The molecule has 0 aromatic heterocycles. The van der Waals surface area contributed by atoms with E-state index >= 15 is 0 Å². The van der Waals surface area contributed by atoms with E-state index in [4.69, 9.17) is 0 Å². The fourth-order valence-corrected chi connectivity index (χ4v) is 3.74. The van der Waals surface area contributed by atoms with Gasteiger partial charge in [0, 0.05) is 16.1 Å². The Hall–Kier alpha value is -2.82. The molecule has 1 saturated carbocycles. The largest absolute Gasteiger partial charge is 0.293 e. The molecule has 0 bridgehead atoms. The molecule has 0 aliphatic heterocycles. The van der Waals surface area contributed by atoms with Crippen LogP contribution in [0.4, 0.5) is 0 Å². The van der Waals surface area contributed by atoms with Gasteiger partial charge in [0.1, 0.15) is 0 Å². The maximum atomic E-state index is 12.8. The van der Waals surface area contributed by atoms with Gasteiger partial charge in [0.05, 0.1) is 5.92 Å². The van der Waals surface area contributed by atoms with E-state index in [1.807, 2.05) is 0 Å². The van der Waals surface area contributed by atoms with Crippen molar-refractivity contribution >= 4 is 11.6 Å². The van der Waals surface area contributed by atoms with Crippen LogP contribution in [0.25, 0.3) is 0 Å². The minimum Gasteiger partial charge on any atom is -0.293 e. The summed E-state index contributed by atoms with van der Waals surface area (Å²) in [5.74, 6) is -1.51. The predicted molar refractivity (Wildman–Crippen MR) is 77.5 cm³/mol. The number of nitro groups is 1. The lowest BCUT2D eigenvalue weighted by Gasteiger charge is -2.03. The zero-order valence-electron chi connectivity index (χ0n) is 11.4. The van der Waals surface area contributed by atoms with E-state index in [0.717, 1.165) is 0 Å². The van der Waals surface area contributed by atoms with Crippen LogP contribution < -0.4 is 0 Å². The van der Waals surface area contributed by atoms with Gasteiger partial charge in [-0.05, 0) is 5.56 Å². The Kier molecular flexibility index (Phi) is 2.40. The van der Waals surface area contributed by atoms with Crippen molar-refractivity contribution in [1.82, 2.24) is 0 Å². The van der Waals surface area contributed by atoms with Crippen LogP contribution >= 0.6 is 0 Å². The first kappa shape index (κ1) is 12.9. The Labute approximate surface area is 125 Å². The molecule has 4 rings (SSSR count). The molecular weight excluding hydrogens is 282 g/mol. The number of benzene rings is 2. The van der Waals surface area contributed by atoms with Crippen LogP contribution in [0, 0.1) is 15.5 Å². The van der Waals surface area contributed by atoms with Gasteiger partial charge in [-0.1, -0.05) is 54.6 Å². The van der Waals surface area contributed by atoms with Crippen molar-refractivity contribution in [1.29, 1.82) is 0 Å². The van der Waals surface area contributed by atoms with Crippen molar-refractivity contribution in [2.75, 3.05) is 0 Å². The molecule has 2 aliphatic carbocycles. The van der Waals surface area contributed by atoms with Gasteiger partial charge < -0.3 is 0 Å². The molecular formula is C17H11NO4. The highest BCUT2D eigenvalue weighted by Gasteiger charge is 2.84. The maximum Gasteiger partial charge on any atom is 0.242 e. The number of hydrogen-bond acceptors (Lipinski definition) is 4. The van der Waals surface area contributed by atoms with Crippen LogP contribution in [0.1, 0.15) is 32.2 Å². The molecule has 2 aromatic carbocycles. The van der Waals surface area contributed by atoms with Crippen LogP contribution in [0.15, 0.2) is 54.6 Å². The summed E-state index contributed by atoms with van der Waals surface area (Å²) < 4.78 is 0. The molecule has 0 unspecified atom stereocenters. The summed E-state index contributed by atoms with van der Waals surface area (Å²) in [4.78, 5) is 36.5. The summed E-state index contributed by atoms with van der Waals surface area (Å²) in [7, 11) is 0. The minimum absolute atomic E-state index is 0.304. The third-order valence-electron chi connectivity index (χ3n) is 4.72. The Morgan fingerprint density at radius 3 is 1.86 bits per heavy atom. The molecule has 22 heavy (non-hydrogen) atoms. The van der Waals surface area contributed by atoms with Crippen molar-refractivity contribution in [3.05, 3.63) is 81.4 Å². The molecule has 1 spiro atoms. The lowest BCUT2D eigenvalue weighted by molar-refractivity contribution is -0.500. The van der Waals surface area contributed by atoms with Crippen LogP contribution in [0.2, 0.25) is 0 Å². The third kappa shape index (κ3) is 1.33. The fourth-order valence-electron chi connectivity index (χ4n) is 3.74. The van der Waals surface area contributed by atoms with Gasteiger partial charge in [0.15, 0.2) is 17.0 Å². The molecule has 1 fully saturated rings. The molecule has 2 aliphatic rings. The van der Waals surface area contributed by atoms with Gasteiger partial charge in [-0.15, -0.1) is 0 Å². The summed E-state index contributed by atoms with van der Waals surface area (Å²) in [6, 6.07) is 14.1. The molecule has 5 nitrogen and oxygen atoms in total. The number of carbonyl (C=O) groups is 2. The van der Waals surface area contributed by atoms with Gasteiger partial charge in [-0.2, -0.15) is 0 Å². The summed E-state index contributed by atoms with van der Waals surface area (Å²) in [5.41, 5.74) is -0.275. The normalized spacial score (nSPS) is 24.4. The highest BCUT2D eigenvalue weighted by atomic mass is 16.6. The van der Waals surface area contributed by atoms with Crippen LogP contribution in [0.5, 0.6) is 0 Å². The Morgan fingerprint density at radius 1 is 0.864 bits per heavy atom. The standard InChI is InChI=1S/C17H11NO4/c19-15-11-8-4-5-9-12(11)16(20)17(15)13(14(17)18(21)22)10-6-2-1-3-7-10/h1-9,13-14H/t13-,14+/m0/s1. The first-order valence-corrected chi connectivity index (χ1v) is 6.97. The summed E-state index contributed by atoms with van der Waals surface area (Å²) in [6.45, 7) is 0. The number of ketones is 2. The summed E-state index contributed by atoms with van der Waals surface area (Å²) in [5, 5.41) is 11.4. The molecule has 0 N–H and O–H groups in total. The van der Waals surface area contributed by atoms with Crippen molar-refractivity contribution < 1.29 is 14.5 Å². The number of hydrogen-bond donors (Lipinski definition) is 0. The predicted octanol–water partition coefficient (Wildman–Crippen LogP) is 2.49. The number of fused-ring (bicyclic) bond motifs is 1. The van der Waals surface area contributed by atoms with E-state index in [9.17, 15) is 19.7 Å². The smallest absolute Gasteiger partial charge is 0.242 e. The zero-order valence-corrected chi connectivity index (χ0v) is 11.4. The average Bonchev–Trinajstić information content (AvgIpc) is 3.20. The second kappa shape index (κ2) is 4.10. The quantitative estimate of drug-likeness (QED) is 0.484. The summed E-state index contributed by atoms with van der Waals surface area (Å²) >= 11 is 0. The molecule has 2 aromatic rings. The van der Waals surface area contributed by atoms with E-state index in [0.29, 0.717) is 16.7 Å².